The third-order valence-electron chi connectivity index (χ3n) is 5.13. The summed E-state index contributed by atoms with van der Waals surface area (Å²) in [5.74, 6) is 0.0770. The minimum atomic E-state index is -0.340. The molecule has 0 saturated carbocycles. The number of ether oxygens (including phenoxy) is 1. The fourth-order valence-electron chi connectivity index (χ4n) is 3.91. The molecule has 0 saturated heterocycles. The molecule has 1 aromatic heterocycles. The van der Waals surface area contributed by atoms with Crippen molar-refractivity contribution in [3.8, 4) is 11.1 Å². The van der Waals surface area contributed by atoms with Gasteiger partial charge in [0.2, 0.25) is 0 Å². The number of fused-ring (bicyclic) bond motifs is 4. The maximum Gasteiger partial charge on any atom is 0.418 e. The Bertz CT molecular complexity index is 1080. The zero-order chi connectivity index (χ0) is 17.5. The topological polar surface area (TPSA) is 31.2 Å². The van der Waals surface area contributed by atoms with Crippen LogP contribution in [0.3, 0.4) is 0 Å². The van der Waals surface area contributed by atoms with Crippen LogP contribution in [0, 0.1) is 0 Å². The molecule has 0 fully saturated rings. The van der Waals surface area contributed by atoms with E-state index in [9.17, 15) is 4.79 Å². The van der Waals surface area contributed by atoms with Gasteiger partial charge in [-0.05, 0) is 34.4 Å². The van der Waals surface area contributed by atoms with Gasteiger partial charge in [0.15, 0.2) is 0 Å². The minimum Gasteiger partial charge on any atom is -0.448 e. The van der Waals surface area contributed by atoms with Crippen molar-refractivity contribution in [3.63, 3.8) is 0 Å². The number of carbonyl (C=O) groups is 1. The predicted octanol–water partition coefficient (Wildman–Crippen LogP) is 5.44. The van der Waals surface area contributed by atoms with Gasteiger partial charge in [0.05, 0.1) is 5.52 Å². The molecule has 3 aromatic carbocycles. The maximum atomic E-state index is 12.6. The summed E-state index contributed by atoms with van der Waals surface area (Å²) >= 11 is 0. The molecular formula is C23H17NO2. The van der Waals surface area contributed by atoms with Crippen LogP contribution in [0.15, 0.2) is 85.1 Å². The first-order valence-corrected chi connectivity index (χ1v) is 8.74. The van der Waals surface area contributed by atoms with Crippen molar-refractivity contribution < 1.29 is 9.53 Å². The average Bonchev–Trinajstić information content (AvgIpc) is 3.26. The molecule has 0 unspecified atom stereocenters. The van der Waals surface area contributed by atoms with E-state index in [1.165, 1.54) is 22.3 Å². The Balaban J connectivity index is 1.44. The van der Waals surface area contributed by atoms with E-state index in [2.05, 4.69) is 36.4 Å². The highest BCUT2D eigenvalue weighted by Crippen LogP contribution is 2.44. The lowest BCUT2D eigenvalue weighted by atomic mass is 9.98. The highest BCUT2D eigenvalue weighted by atomic mass is 16.5. The van der Waals surface area contributed by atoms with Gasteiger partial charge >= 0.3 is 6.09 Å². The molecule has 0 bridgehead atoms. The molecule has 1 heterocycles. The highest BCUT2D eigenvalue weighted by Gasteiger charge is 2.29. The first-order chi connectivity index (χ1) is 12.8. The largest absolute Gasteiger partial charge is 0.448 e. The van der Waals surface area contributed by atoms with E-state index in [4.69, 9.17) is 4.74 Å². The molecule has 1 aliphatic carbocycles. The first-order valence-electron chi connectivity index (χ1n) is 8.74. The molecule has 3 nitrogen and oxygen atoms in total. The summed E-state index contributed by atoms with van der Waals surface area (Å²) in [7, 11) is 0. The second-order valence-corrected chi connectivity index (χ2v) is 6.55. The molecule has 0 atom stereocenters. The van der Waals surface area contributed by atoms with Crippen molar-refractivity contribution in [2.75, 3.05) is 6.61 Å². The van der Waals surface area contributed by atoms with E-state index in [0.29, 0.717) is 6.61 Å². The molecule has 0 aliphatic heterocycles. The first kappa shape index (κ1) is 15.0. The monoisotopic (exact) mass is 339 g/mol. The Morgan fingerprint density at radius 2 is 1.42 bits per heavy atom. The SMILES string of the molecule is O=C(OCC1c2ccccc2-c2ccccc21)n1ccc2ccccc21. The number of rotatable bonds is 2. The second-order valence-electron chi connectivity index (χ2n) is 6.55. The Labute approximate surface area is 151 Å². The summed E-state index contributed by atoms with van der Waals surface area (Å²) in [6.45, 7) is 0.333. The van der Waals surface area contributed by atoms with Crippen molar-refractivity contribution >= 4 is 17.0 Å². The van der Waals surface area contributed by atoms with Crippen molar-refractivity contribution in [3.05, 3.63) is 96.2 Å². The Hall–Kier alpha value is -3.33. The summed E-state index contributed by atoms with van der Waals surface area (Å²) < 4.78 is 7.29. The minimum absolute atomic E-state index is 0.0770. The Morgan fingerprint density at radius 3 is 2.15 bits per heavy atom. The van der Waals surface area contributed by atoms with Crippen LogP contribution in [-0.2, 0) is 4.74 Å². The molecule has 26 heavy (non-hydrogen) atoms. The van der Waals surface area contributed by atoms with Gasteiger partial charge in [0.1, 0.15) is 6.61 Å². The van der Waals surface area contributed by atoms with Crippen LogP contribution < -0.4 is 0 Å². The van der Waals surface area contributed by atoms with Gasteiger partial charge in [-0.2, -0.15) is 0 Å². The highest BCUT2D eigenvalue weighted by molar-refractivity contribution is 5.89. The van der Waals surface area contributed by atoms with Crippen LogP contribution in [-0.4, -0.2) is 17.3 Å². The van der Waals surface area contributed by atoms with Crippen LogP contribution in [0.4, 0.5) is 4.79 Å². The summed E-state index contributed by atoms with van der Waals surface area (Å²) in [6, 6.07) is 26.4. The molecule has 4 aromatic rings. The number of nitrogens with zero attached hydrogens (tertiary/aromatic N) is 1. The predicted molar refractivity (Wildman–Crippen MR) is 102 cm³/mol. The van der Waals surface area contributed by atoms with Gasteiger partial charge in [-0.3, -0.25) is 4.57 Å². The molecule has 0 radical (unpaired) electrons. The Morgan fingerprint density at radius 1 is 0.808 bits per heavy atom. The number of carbonyl (C=O) groups excluding carboxylic acids is 1. The number of hydrogen-bond donors (Lipinski definition) is 0. The number of hydrogen-bond acceptors (Lipinski definition) is 2. The van der Waals surface area contributed by atoms with Gasteiger partial charge in [-0.1, -0.05) is 66.7 Å². The Kier molecular flexibility index (Phi) is 3.39. The average molecular weight is 339 g/mol. The smallest absolute Gasteiger partial charge is 0.418 e. The van der Waals surface area contributed by atoms with E-state index in [0.717, 1.165) is 10.9 Å². The van der Waals surface area contributed by atoms with Crippen molar-refractivity contribution in [2.45, 2.75) is 5.92 Å². The molecule has 126 valence electrons. The van der Waals surface area contributed by atoms with E-state index >= 15 is 0 Å². The lowest BCUT2D eigenvalue weighted by Gasteiger charge is -2.14. The van der Waals surface area contributed by atoms with Crippen LogP contribution in [0.5, 0.6) is 0 Å². The van der Waals surface area contributed by atoms with Crippen LogP contribution in [0.2, 0.25) is 0 Å². The third kappa shape index (κ3) is 2.25. The van der Waals surface area contributed by atoms with Gasteiger partial charge < -0.3 is 4.74 Å². The maximum absolute atomic E-state index is 12.6. The van der Waals surface area contributed by atoms with Gasteiger partial charge in [0.25, 0.3) is 0 Å². The molecule has 5 rings (SSSR count). The van der Waals surface area contributed by atoms with Gasteiger partial charge in [-0.15, -0.1) is 0 Å². The van der Waals surface area contributed by atoms with Crippen molar-refractivity contribution in [1.82, 2.24) is 4.57 Å². The lowest BCUT2D eigenvalue weighted by Crippen LogP contribution is -2.17. The van der Waals surface area contributed by atoms with Gasteiger partial charge in [-0.25, -0.2) is 4.79 Å². The van der Waals surface area contributed by atoms with E-state index in [-0.39, 0.29) is 12.0 Å². The van der Waals surface area contributed by atoms with Crippen LogP contribution in [0.1, 0.15) is 17.0 Å². The van der Waals surface area contributed by atoms with E-state index in [1.807, 2.05) is 42.5 Å². The lowest BCUT2D eigenvalue weighted by molar-refractivity contribution is 0.145. The summed E-state index contributed by atoms with van der Waals surface area (Å²) in [5.41, 5.74) is 5.77. The third-order valence-corrected chi connectivity index (χ3v) is 5.13. The molecule has 1 aliphatic rings. The molecule has 0 amide bonds. The summed E-state index contributed by atoms with van der Waals surface area (Å²) in [5, 5.41) is 1.03. The van der Waals surface area contributed by atoms with Gasteiger partial charge in [0, 0.05) is 17.5 Å². The molecule has 3 heteroatoms. The van der Waals surface area contributed by atoms with Crippen molar-refractivity contribution in [1.29, 1.82) is 0 Å². The normalized spacial score (nSPS) is 12.8. The molecule has 0 N–H and O–H groups in total. The zero-order valence-corrected chi connectivity index (χ0v) is 14.1. The molecule has 0 spiro atoms. The number of para-hydroxylation sites is 1. The number of aromatic nitrogens is 1. The van der Waals surface area contributed by atoms with Crippen LogP contribution in [0.25, 0.3) is 22.0 Å². The molecular weight excluding hydrogens is 322 g/mol. The zero-order valence-electron chi connectivity index (χ0n) is 14.1. The standard InChI is InChI=1S/C23H17NO2/c25-23(24-14-13-16-7-1-6-12-22(16)24)26-15-21-19-10-4-2-8-17(19)18-9-3-5-11-20(18)21/h1-14,21H,15H2. The fourth-order valence-corrected chi connectivity index (χ4v) is 3.91. The van der Waals surface area contributed by atoms with Crippen molar-refractivity contribution in [2.24, 2.45) is 0 Å². The summed E-state index contributed by atoms with van der Waals surface area (Å²) in [6.07, 6.45) is 1.43. The summed E-state index contributed by atoms with van der Waals surface area (Å²) in [4.78, 5) is 12.6. The second kappa shape index (κ2) is 5.88. The number of benzene rings is 3. The van der Waals surface area contributed by atoms with E-state index < -0.39 is 0 Å². The van der Waals surface area contributed by atoms with Crippen LogP contribution >= 0.6 is 0 Å². The van der Waals surface area contributed by atoms with E-state index in [1.54, 1.807) is 10.8 Å². The quantitative estimate of drug-likeness (QED) is 0.487. The fraction of sp³-hybridized carbons (Fsp3) is 0.0870.